The highest BCUT2D eigenvalue weighted by molar-refractivity contribution is 7.89. The van der Waals surface area contributed by atoms with Crippen LogP contribution in [0.15, 0.2) is 36.8 Å². The minimum Gasteiger partial charge on any atom is -0.389 e. The molecule has 1 aliphatic carbocycles. The number of aromatic nitrogens is 4. The first-order chi connectivity index (χ1) is 20.1. The molecule has 1 aromatic carbocycles. The molecular weight excluding hydrogens is 576 g/mol. The summed E-state index contributed by atoms with van der Waals surface area (Å²) >= 11 is 6.67. The summed E-state index contributed by atoms with van der Waals surface area (Å²) in [6.45, 7) is 12.7. The predicted octanol–water partition coefficient (Wildman–Crippen LogP) is 4.54. The molecule has 3 aromatic rings. The minimum absolute atomic E-state index is 0.0266. The SMILES string of the molecule is [C-]#[N+]c1cnc(NC2CCN(S(=O)(=O)CC)CC2)nc1-c1cnn(-c2ccc(CN[C@@H]3CCCC[C@@]3(C)O)cc2Cl)c1. The van der Waals surface area contributed by atoms with Crippen molar-refractivity contribution in [2.75, 3.05) is 24.2 Å². The first-order valence-electron chi connectivity index (χ1n) is 14.4. The van der Waals surface area contributed by atoms with Crippen LogP contribution in [0.2, 0.25) is 5.02 Å². The fraction of sp³-hybridized carbons (Fsp3) is 0.517. The van der Waals surface area contributed by atoms with Crippen molar-refractivity contribution in [3.63, 3.8) is 0 Å². The van der Waals surface area contributed by atoms with Gasteiger partial charge in [-0.3, -0.25) is 0 Å². The zero-order valence-corrected chi connectivity index (χ0v) is 25.5. The summed E-state index contributed by atoms with van der Waals surface area (Å²) in [6, 6.07) is 5.87. The Kier molecular flexibility index (Phi) is 9.15. The Balaban J connectivity index is 1.27. The molecule has 3 N–H and O–H groups in total. The first-order valence-corrected chi connectivity index (χ1v) is 16.4. The molecule has 0 radical (unpaired) electrons. The Morgan fingerprint density at radius 1 is 1.21 bits per heavy atom. The van der Waals surface area contributed by atoms with Crippen LogP contribution in [0.25, 0.3) is 21.8 Å². The Hall–Kier alpha value is -3.08. The molecule has 11 nitrogen and oxygen atoms in total. The number of sulfonamides is 1. The Morgan fingerprint density at radius 3 is 2.69 bits per heavy atom. The van der Waals surface area contributed by atoms with Crippen LogP contribution in [0.3, 0.4) is 0 Å². The summed E-state index contributed by atoms with van der Waals surface area (Å²) in [5, 5.41) is 22.5. The van der Waals surface area contributed by atoms with Crippen molar-refractivity contribution >= 4 is 33.3 Å². The lowest BCUT2D eigenvalue weighted by Crippen LogP contribution is -2.50. The summed E-state index contributed by atoms with van der Waals surface area (Å²) in [4.78, 5) is 12.6. The molecule has 2 fully saturated rings. The lowest BCUT2D eigenvalue weighted by atomic mass is 9.82. The third kappa shape index (κ3) is 6.76. The maximum atomic E-state index is 12.2. The highest BCUT2D eigenvalue weighted by Gasteiger charge is 2.34. The molecule has 13 heteroatoms. The van der Waals surface area contributed by atoms with E-state index in [9.17, 15) is 13.5 Å². The molecular formula is C29H37ClN8O3S. The van der Waals surface area contributed by atoms with E-state index in [4.69, 9.17) is 18.2 Å². The van der Waals surface area contributed by atoms with E-state index >= 15 is 0 Å². The molecule has 224 valence electrons. The number of hydrogen-bond acceptors (Lipinski definition) is 8. The molecule has 3 heterocycles. The third-order valence-corrected chi connectivity index (χ3v) is 10.5. The average Bonchev–Trinajstić information content (AvgIpc) is 3.46. The van der Waals surface area contributed by atoms with Gasteiger partial charge in [-0.05, 0) is 57.2 Å². The summed E-state index contributed by atoms with van der Waals surface area (Å²) in [5.41, 5.74) is 2.41. The van der Waals surface area contributed by atoms with Gasteiger partial charge >= 0.3 is 0 Å². The molecule has 42 heavy (non-hydrogen) atoms. The van der Waals surface area contributed by atoms with Gasteiger partial charge in [-0.2, -0.15) is 5.10 Å². The van der Waals surface area contributed by atoms with Crippen LogP contribution in [-0.4, -0.2) is 74.1 Å². The van der Waals surface area contributed by atoms with Crippen molar-refractivity contribution in [1.29, 1.82) is 0 Å². The van der Waals surface area contributed by atoms with E-state index in [1.54, 1.807) is 24.0 Å². The van der Waals surface area contributed by atoms with Gasteiger partial charge in [-0.15, -0.1) is 0 Å². The smallest absolute Gasteiger partial charge is 0.231 e. The van der Waals surface area contributed by atoms with E-state index < -0.39 is 15.6 Å². The number of aliphatic hydroxyl groups is 1. The number of nitrogens with one attached hydrogen (secondary N) is 2. The average molecular weight is 613 g/mol. The summed E-state index contributed by atoms with van der Waals surface area (Å²) in [6.07, 6.45) is 10.1. The number of piperidine rings is 1. The molecule has 1 saturated carbocycles. The van der Waals surface area contributed by atoms with Gasteiger partial charge in [-0.25, -0.2) is 32.2 Å². The number of nitrogens with zero attached hydrogens (tertiary/aromatic N) is 6. The lowest BCUT2D eigenvalue weighted by Gasteiger charge is -2.37. The van der Waals surface area contributed by atoms with Crippen molar-refractivity contribution in [1.82, 2.24) is 29.4 Å². The number of benzene rings is 1. The second kappa shape index (κ2) is 12.7. The minimum atomic E-state index is -3.20. The normalized spacial score (nSPS) is 22.1. The van der Waals surface area contributed by atoms with Gasteiger partial charge in [0.2, 0.25) is 21.7 Å². The Morgan fingerprint density at radius 2 is 2.00 bits per heavy atom. The summed E-state index contributed by atoms with van der Waals surface area (Å²) < 4.78 is 27.5. The van der Waals surface area contributed by atoms with E-state index in [0.29, 0.717) is 66.1 Å². The monoisotopic (exact) mass is 612 g/mol. The molecule has 0 spiro atoms. The molecule has 0 unspecified atom stereocenters. The van der Waals surface area contributed by atoms with Crippen LogP contribution >= 0.6 is 11.6 Å². The Labute approximate surface area is 252 Å². The van der Waals surface area contributed by atoms with Crippen molar-refractivity contribution in [3.8, 4) is 16.9 Å². The van der Waals surface area contributed by atoms with Crippen molar-refractivity contribution < 1.29 is 13.5 Å². The van der Waals surface area contributed by atoms with Gasteiger partial charge in [0.15, 0.2) is 0 Å². The zero-order chi connectivity index (χ0) is 29.9. The second-order valence-corrected chi connectivity index (χ2v) is 13.9. The zero-order valence-electron chi connectivity index (χ0n) is 23.9. The number of anilines is 1. The van der Waals surface area contributed by atoms with Crippen molar-refractivity contribution in [3.05, 3.63) is 58.8 Å². The van der Waals surface area contributed by atoms with E-state index in [2.05, 4.69) is 30.5 Å². The van der Waals surface area contributed by atoms with Crippen LogP contribution in [0.5, 0.6) is 0 Å². The van der Waals surface area contributed by atoms with Crippen LogP contribution in [0.1, 0.15) is 57.9 Å². The molecule has 1 saturated heterocycles. The second-order valence-electron chi connectivity index (χ2n) is 11.3. The maximum absolute atomic E-state index is 12.2. The van der Waals surface area contributed by atoms with Crippen LogP contribution in [0, 0.1) is 6.57 Å². The van der Waals surface area contributed by atoms with E-state index in [1.165, 1.54) is 10.5 Å². The van der Waals surface area contributed by atoms with Crippen molar-refractivity contribution in [2.24, 2.45) is 0 Å². The highest BCUT2D eigenvalue weighted by Crippen LogP contribution is 2.32. The quantitative estimate of drug-likeness (QED) is 0.300. The molecule has 2 aliphatic rings. The maximum Gasteiger partial charge on any atom is 0.231 e. The Bertz CT molecular complexity index is 1560. The van der Waals surface area contributed by atoms with Crippen LogP contribution in [-0.2, 0) is 16.6 Å². The van der Waals surface area contributed by atoms with Crippen LogP contribution in [0.4, 0.5) is 11.6 Å². The van der Waals surface area contributed by atoms with Crippen molar-refractivity contribution in [2.45, 2.75) is 76.6 Å². The lowest BCUT2D eigenvalue weighted by molar-refractivity contribution is -0.0105. The van der Waals surface area contributed by atoms with Gasteiger partial charge in [-0.1, -0.05) is 30.5 Å². The molecule has 2 atom stereocenters. The predicted molar refractivity (Wildman–Crippen MR) is 163 cm³/mol. The molecule has 5 rings (SSSR count). The van der Waals surface area contributed by atoms with Gasteiger partial charge in [0.1, 0.15) is 0 Å². The third-order valence-electron chi connectivity index (χ3n) is 8.28. The van der Waals surface area contributed by atoms with Gasteiger partial charge in [0.25, 0.3) is 0 Å². The summed E-state index contributed by atoms with van der Waals surface area (Å²) in [7, 11) is -3.20. The van der Waals surface area contributed by atoms with Crippen LogP contribution < -0.4 is 10.6 Å². The van der Waals surface area contributed by atoms with Gasteiger partial charge in [0.05, 0.1) is 40.5 Å². The highest BCUT2D eigenvalue weighted by atomic mass is 35.5. The fourth-order valence-corrected chi connectivity index (χ4v) is 7.11. The largest absolute Gasteiger partial charge is 0.389 e. The fourth-order valence-electron chi connectivity index (χ4n) is 5.69. The number of hydrogen-bond donors (Lipinski definition) is 3. The number of halogens is 1. The standard InChI is InChI=1S/C29H37ClN8O3S/c1-4-42(40,41)37-13-10-22(11-14-37)35-28-33-18-24(31-3)27(36-28)21-17-34-38(19-21)25-9-8-20(15-23(25)30)16-32-26-7-5-6-12-29(26,2)39/h8-9,15,17-19,22,26,32,39H,4-7,10-14,16H2,1-2H3,(H,33,35,36)/t26-,29-/m1/s1. The number of rotatable bonds is 9. The molecule has 1 aliphatic heterocycles. The first kappa shape index (κ1) is 30.4. The summed E-state index contributed by atoms with van der Waals surface area (Å²) in [5.74, 6) is 0.481. The van der Waals surface area contributed by atoms with E-state index in [-0.39, 0.29) is 17.8 Å². The molecule has 2 aromatic heterocycles. The molecule has 0 bridgehead atoms. The topological polar surface area (TPSA) is 130 Å². The van der Waals surface area contributed by atoms with E-state index in [1.807, 2.05) is 25.1 Å². The van der Waals surface area contributed by atoms with Gasteiger partial charge < -0.3 is 15.7 Å². The van der Waals surface area contributed by atoms with E-state index in [0.717, 1.165) is 31.2 Å². The molecule has 0 amide bonds. The van der Waals surface area contributed by atoms with Gasteiger partial charge in [0, 0.05) is 49.7 Å².